The number of aromatic nitrogens is 4. The van der Waals surface area contributed by atoms with Crippen LogP contribution in [0.25, 0.3) is 5.13 Å². The van der Waals surface area contributed by atoms with E-state index in [1.54, 1.807) is 16.0 Å². The standard InChI is InChI=1S/C15H14N4OS/c1-10-14(11(2)20)17-18-19(10)15-16-9-13(21-15)8-12-6-4-3-5-7-12/h3-7,9H,8H2,1-2H3. The van der Waals surface area contributed by atoms with Crippen LogP contribution in [0.15, 0.2) is 36.5 Å². The van der Waals surface area contributed by atoms with Gasteiger partial charge in [0.25, 0.3) is 0 Å². The van der Waals surface area contributed by atoms with E-state index in [4.69, 9.17) is 0 Å². The third-order valence-corrected chi connectivity index (χ3v) is 4.14. The van der Waals surface area contributed by atoms with Crippen LogP contribution >= 0.6 is 11.3 Å². The molecule has 3 aromatic rings. The topological polar surface area (TPSA) is 60.7 Å². The van der Waals surface area contributed by atoms with E-state index in [0.29, 0.717) is 5.69 Å². The molecule has 2 aromatic heterocycles. The van der Waals surface area contributed by atoms with Gasteiger partial charge < -0.3 is 0 Å². The Hall–Kier alpha value is -2.34. The summed E-state index contributed by atoms with van der Waals surface area (Å²) in [5.74, 6) is -0.0835. The summed E-state index contributed by atoms with van der Waals surface area (Å²) in [7, 11) is 0. The van der Waals surface area contributed by atoms with Crippen molar-refractivity contribution in [3.8, 4) is 5.13 Å². The Morgan fingerprint density at radius 3 is 2.71 bits per heavy atom. The molecule has 0 unspecified atom stereocenters. The number of ketones is 1. The molecule has 6 heteroatoms. The van der Waals surface area contributed by atoms with Gasteiger partial charge in [-0.3, -0.25) is 4.79 Å². The molecule has 0 atom stereocenters. The summed E-state index contributed by atoms with van der Waals surface area (Å²) in [5.41, 5.74) is 2.37. The van der Waals surface area contributed by atoms with Gasteiger partial charge >= 0.3 is 0 Å². The molecule has 2 heterocycles. The van der Waals surface area contributed by atoms with E-state index < -0.39 is 0 Å². The fourth-order valence-electron chi connectivity index (χ4n) is 2.11. The number of carbonyl (C=O) groups is 1. The number of rotatable bonds is 4. The quantitative estimate of drug-likeness (QED) is 0.695. The van der Waals surface area contributed by atoms with Gasteiger partial charge in [-0.15, -0.1) is 5.10 Å². The van der Waals surface area contributed by atoms with Gasteiger partial charge in [-0.05, 0) is 12.5 Å². The van der Waals surface area contributed by atoms with Crippen molar-refractivity contribution >= 4 is 17.1 Å². The molecule has 21 heavy (non-hydrogen) atoms. The lowest BCUT2D eigenvalue weighted by Crippen LogP contribution is -2.00. The van der Waals surface area contributed by atoms with Crippen molar-refractivity contribution in [2.75, 3.05) is 0 Å². The average Bonchev–Trinajstić information content (AvgIpc) is 3.06. The zero-order chi connectivity index (χ0) is 14.8. The molecule has 3 rings (SSSR count). The van der Waals surface area contributed by atoms with Gasteiger partial charge in [0.05, 0.1) is 5.69 Å². The zero-order valence-corrected chi connectivity index (χ0v) is 12.6. The second-order valence-corrected chi connectivity index (χ2v) is 5.86. The first-order valence-electron chi connectivity index (χ1n) is 6.57. The first kappa shape index (κ1) is 13.6. The maximum Gasteiger partial charge on any atom is 0.212 e. The molecule has 5 nitrogen and oxygen atoms in total. The first-order valence-corrected chi connectivity index (χ1v) is 7.39. The van der Waals surface area contributed by atoms with Crippen LogP contribution in [0.2, 0.25) is 0 Å². The van der Waals surface area contributed by atoms with Gasteiger partial charge in [-0.2, -0.15) is 4.68 Å². The van der Waals surface area contributed by atoms with Crippen molar-refractivity contribution in [3.05, 3.63) is 58.4 Å². The summed E-state index contributed by atoms with van der Waals surface area (Å²) < 4.78 is 1.62. The first-order chi connectivity index (χ1) is 10.1. The van der Waals surface area contributed by atoms with Crippen LogP contribution in [0.5, 0.6) is 0 Å². The van der Waals surface area contributed by atoms with Crippen molar-refractivity contribution in [2.24, 2.45) is 0 Å². The fraction of sp³-hybridized carbons (Fsp3) is 0.200. The summed E-state index contributed by atoms with van der Waals surface area (Å²) in [6.07, 6.45) is 2.69. The fourth-order valence-corrected chi connectivity index (χ4v) is 3.05. The minimum Gasteiger partial charge on any atom is -0.293 e. The highest BCUT2D eigenvalue weighted by molar-refractivity contribution is 7.14. The molecule has 0 saturated carbocycles. The lowest BCUT2D eigenvalue weighted by atomic mass is 10.1. The van der Waals surface area contributed by atoms with Crippen molar-refractivity contribution < 1.29 is 4.79 Å². The second-order valence-electron chi connectivity index (χ2n) is 4.76. The molecular weight excluding hydrogens is 284 g/mol. The Balaban J connectivity index is 1.87. The Bertz CT molecular complexity index is 776. The van der Waals surface area contributed by atoms with Gasteiger partial charge in [0.1, 0.15) is 0 Å². The van der Waals surface area contributed by atoms with Gasteiger partial charge in [0, 0.05) is 24.4 Å². The minimum atomic E-state index is -0.0835. The van der Waals surface area contributed by atoms with E-state index >= 15 is 0 Å². The van der Waals surface area contributed by atoms with Crippen molar-refractivity contribution in [1.82, 2.24) is 20.0 Å². The molecule has 0 fully saturated rings. The predicted molar refractivity (Wildman–Crippen MR) is 81.0 cm³/mol. The van der Waals surface area contributed by atoms with Crippen molar-refractivity contribution in [2.45, 2.75) is 20.3 Å². The molecular formula is C15H14N4OS. The molecule has 0 aliphatic rings. The molecule has 0 radical (unpaired) electrons. The molecule has 0 aliphatic heterocycles. The number of Topliss-reactive ketones (excluding diaryl/α,β-unsaturated/α-hetero) is 1. The molecule has 0 N–H and O–H groups in total. The van der Waals surface area contributed by atoms with Crippen LogP contribution in [0.1, 0.15) is 33.5 Å². The van der Waals surface area contributed by atoms with Crippen LogP contribution in [0.4, 0.5) is 0 Å². The van der Waals surface area contributed by atoms with E-state index in [9.17, 15) is 4.79 Å². The normalized spacial score (nSPS) is 10.8. The van der Waals surface area contributed by atoms with Crippen molar-refractivity contribution in [3.63, 3.8) is 0 Å². The zero-order valence-electron chi connectivity index (χ0n) is 11.8. The number of hydrogen-bond acceptors (Lipinski definition) is 5. The third kappa shape index (κ3) is 2.75. The lowest BCUT2D eigenvalue weighted by molar-refractivity contribution is 0.101. The highest BCUT2D eigenvalue weighted by Crippen LogP contribution is 2.21. The molecule has 0 aliphatic carbocycles. The Kier molecular flexibility index (Phi) is 3.62. The second kappa shape index (κ2) is 5.57. The van der Waals surface area contributed by atoms with Gasteiger partial charge in [-0.1, -0.05) is 46.9 Å². The van der Waals surface area contributed by atoms with Gasteiger partial charge in [-0.25, -0.2) is 4.98 Å². The summed E-state index contributed by atoms with van der Waals surface area (Å²) in [6, 6.07) is 10.2. The van der Waals surface area contributed by atoms with Crippen LogP contribution < -0.4 is 0 Å². The van der Waals surface area contributed by atoms with Gasteiger partial charge in [0.2, 0.25) is 5.13 Å². The Morgan fingerprint density at radius 1 is 1.29 bits per heavy atom. The summed E-state index contributed by atoms with van der Waals surface area (Å²) in [6.45, 7) is 3.32. The molecule has 0 bridgehead atoms. The number of thiazole rings is 1. The maximum absolute atomic E-state index is 11.4. The number of carbonyl (C=O) groups excluding carboxylic acids is 1. The van der Waals surface area contributed by atoms with Gasteiger partial charge in [0.15, 0.2) is 11.5 Å². The predicted octanol–water partition coefficient (Wildman–Crippen LogP) is 2.83. The summed E-state index contributed by atoms with van der Waals surface area (Å²) in [5, 5.41) is 8.67. The largest absolute Gasteiger partial charge is 0.293 e. The minimum absolute atomic E-state index is 0.0835. The van der Waals surface area contributed by atoms with Crippen LogP contribution in [-0.2, 0) is 6.42 Å². The lowest BCUT2D eigenvalue weighted by Gasteiger charge is -1.98. The third-order valence-electron chi connectivity index (χ3n) is 3.17. The van der Waals surface area contributed by atoms with E-state index in [1.807, 2.05) is 31.3 Å². The maximum atomic E-state index is 11.4. The monoisotopic (exact) mass is 298 g/mol. The molecule has 1 aromatic carbocycles. The smallest absolute Gasteiger partial charge is 0.212 e. The van der Waals surface area contributed by atoms with Crippen LogP contribution in [0, 0.1) is 6.92 Å². The highest BCUT2D eigenvalue weighted by atomic mass is 32.1. The van der Waals surface area contributed by atoms with E-state index in [0.717, 1.165) is 22.1 Å². The van der Waals surface area contributed by atoms with E-state index in [-0.39, 0.29) is 5.78 Å². The molecule has 106 valence electrons. The van der Waals surface area contributed by atoms with E-state index in [2.05, 4.69) is 27.4 Å². The molecule has 0 amide bonds. The molecule has 0 saturated heterocycles. The SMILES string of the molecule is CC(=O)c1nnn(-c2ncc(Cc3ccccc3)s2)c1C. The Labute approximate surface area is 126 Å². The highest BCUT2D eigenvalue weighted by Gasteiger charge is 2.15. The summed E-state index contributed by atoms with van der Waals surface area (Å²) >= 11 is 1.56. The average molecular weight is 298 g/mol. The Morgan fingerprint density at radius 2 is 2.05 bits per heavy atom. The van der Waals surface area contributed by atoms with Crippen molar-refractivity contribution in [1.29, 1.82) is 0 Å². The van der Waals surface area contributed by atoms with Crippen LogP contribution in [-0.4, -0.2) is 25.8 Å². The summed E-state index contributed by atoms with van der Waals surface area (Å²) in [4.78, 5) is 17.0. The van der Waals surface area contributed by atoms with E-state index in [1.165, 1.54) is 12.5 Å². The molecule has 0 spiro atoms. The number of hydrogen-bond donors (Lipinski definition) is 0. The van der Waals surface area contributed by atoms with Crippen LogP contribution in [0.3, 0.4) is 0 Å². The number of benzene rings is 1. The number of nitrogens with zero attached hydrogens (tertiary/aromatic N) is 4.